The number of unbranched alkanes of at least 4 members (excludes halogenated alkanes) is 5. The van der Waals surface area contributed by atoms with E-state index in [1.165, 1.54) is 117 Å². The number of halogens is 1. The fourth-order valence-electron chi connectivity index (χ4n) is 6.62. The van der Waals surface area contributed by atoms with E-state index >= 15 is 0 Å². The highest BCUT2D eigenvalue weighted by molar-refractivity contribution is 9.10. The van der Waals surface area contributed by atoms with Gasteiger partial charge in [-0.15, -0.1) is 0 Å². The predicted octanol–water partition coefficient (Wildman–Crippen LogP) is 11.6. The van der Waals surface area contributed by atoms with E-state index in [1.807, 2.05) is 0 Å². The Morgan fingerprint density at radius 3 is 1.97 bits per heavy atom. The van der Waals surface area contributed by atoms with Crippen molar-refractivity contribution in [3.05, 3.63) is 106 Å². The van der Waals surface area contributed by atoms with Crippen LogP contribution in [0.1, 0.15) is 125 Å². The zero-order valence-electron chi connectivity index (χ0n) is 23.1. The second-order valence-electron chi connectivity index (χ2n) is 11.4. The standard InChI is InChI=1S/C36H47Br/c1-2-3-15-26-36(27-16-8-17-28-36)33-25-24-32(35(37)29-33)22-9-4-5-14-23-34(30-18-10-6-11-19-30)31-20-12-7-13-21-31/h6-7,10-13,18-21,24-25,29,34H,2-5,8-9,14-17,22-23,26-28H2,1H3. The van der Waals surface area contributed by atoms with Crippen LogP contribution in [0.5, 0.6) is 0 Å². The van der Waals surface area contributed by atoms with E-state index in [0.29, 0.717) is 11.3 Å². The van der Waals surface area contributed by atoms with Crippen LogP contribution >= 0.6 is 15.9 Å². The molecule has 1 saturated carbocycles. The quantitative estimate of drug-likeness (QED) is 0.172. The van der Waals surface area contributed by atoms with Crippen LogP contribution in [-0.4, -0.2) is 0 Å². The first kappa shape index (κ1) is 28.2. The van der Waals surface area contributed by atoms with Crippen LogP contribution in [0, 0.1) is 0 Å². The summed E-state index contributed by atoms with van der Waals surface area (Å²) in [6.45, 7) is 2.32. The minimum Gasteiger partial charge on any atom is -0.0654 e. The predicted molar refractivity (Wildman–Crippen MR) is 165 cm³/mol. The maximum Gasteiger partial charge on any atom is 0.0210 e. The normalized spacial score (nSPS) is 15.2. The van der Waals surface area contributed by atoms with Crippen molar-refractivity contribution in [3.8, 4) is 0 Å². The third-order valence-electron chi connectivity index (χ3n) is 8.83. The highest BCUT2D eigenvalue weighted by Crippen LogP contribution is 2.44. The lowest BCUT2D eigenvalue weighted by Gasteiger charge is -2.38. The number of benzene rings is 3. The molecule has 3 aromatic rings. The van der Waals surface area contributed by atoms with Crippen LogP contribution in [0.15, 0.2) is 83.3 Å². The summed E-state index contributed by atoms with van der Waals surface area (Å²) < 4.78 is 1.35. The van der Waals surface area contributed by atoms with E-state index in [2.05, 4.69) is 102 Å². The summed E-state index contributed by atoms with van der Waals surface area (Å²) >= 11 is 3.97. The van der Waals surface area contributed by atoms with Crippen LogP contribution in [0.3, 0.4) is 0 Å². The Kier molecular flexibility index (Phi) is 11.3. The van der Waals surface area contributed by atoms with E-state index in [9.17, 15) is 0 Å². The Balaban J connectivity index is 1.27. The molecule has 0 saturated heterocycles. The van der Waals surface area contributed by atoms with Gasteiger partial charge in [0.05, 0.1) is 0 Å². The molecule has 0 N–H and O–H groups in total. The highest BCUT2D eigenvalue weighted by Gasteiger charge is 2.33. The zero-order chi connectivity index (χ0) is 25.8. The van der Waals surface area contributed by atoms with Crippen molar-refractivity contribution < 1.29 is 0 Å². The Morgan fingerprint density at radius 2 is 1.35 bits per heavy atom. The number of aryl methyl sites for hydroxylation is 1. The van der Waals surface area contributed by atoms with E-state index in [0.717, 1.165) is 0 Å². The molecule has 0 spiro atoms. The summed E-state index contributed by atoms with van der Waals surface area (Å²) in [6.07, 6.45) is 20.0. The molecule has 0 bridgehead atoms. The van der Waals surface area contributed by atoms with Gasteiger partial charge in [-0.3, -0.25) is 0 Å². The number of hydrogen-bond acceptors (Lipinski definition) is 0. The third kappa shape index (κ3) is 8.06. The van der Waals surface area contributed by atoms with Gasteiger partial charge in [-0.1, -0.05) is 153 Å². The maximum atomic E-state index is 3.97. The molecule has 1 aliphatic rings. The fraction of sp³-hybridized carbons (Fsp3) is 0.500. The molecular weight excluding hydrogens is 512 g/mol. The fourth-order valence-corrected chi connectivity index (χ4v) is 7.20. The number of rotatable bonds is 14. The molecule has 0 atom stereocenters. The highest BCUT2D eigenvalue weighted by atomic mass is 79.9. The molecule has 0 nitrogen and oxygen atoms in total. The summed E-state index contributed by atoms with van der Waals surface area (Å²) in [7, 11) is 0. The second kappa shape index (κ2) is 14.9. The van der Waals surface area contributed by atoms with Gasteiger partial charge in [0.2, 0.25) is 0 Å². The van der Waals surface area contributed by atoms with Gasteiger partial charge in [-0.2, -0.15) is 0 Å². The first-order valence-electron chi connectivity index (χ1n) is 15.1. The van der Waals surface area contributed by atoms with Crippen molar-refractivity contribution >= 4 is 15.9 Å². The lowest BCUT2D eigenvalue weighted by Crippen LogP contribution is -2.29. The molecule has 0 radical (unpaired) electrons. The average Bonchev–Trinajstić information content (AvgIpc) is 2.95. The maximum absolute atomic E-state index is 3.97. The minimum atomic E-state index is 0.433. The average molecular weight is 560 g/mol. The van der Waals surface area contributed by atoms with Crippen molar-refractivity contribution in [3.63, 3.8) is 0 Å². The van der Waals surface area contributed by atoms with Gasteiger partial charge in [0.25, 0.3) is 0 Å². The van der Waals surface area contributed by atoms with Crippen LogP contribution in [0.4, 0.5) is 0 Å². The molecule has 198 valence electrons. The van der Waals surface area contributed by atoms with E-state index in [4.69, 9.17) is 0 Å². The summed E-state index contributed by atoms with van der Waals surface area (Å²) in [6, 6.07) is 29.5. The molecule has 0 amide bonds. The summed E-state index contributed by atoms with van der Waals surface area (Å²) in [5.74, 6) is 0.508. The van der Waals surface area contributed by atoms with Crippen LogP contribution in [0.2, 0.25) is 0 Å². The van der Waals surface area contributed by atoms with Crippen molar-refractivity contribution in [1.82, 2.24) is 0 Å². The molecule has 0 aromatic heterocycles. The van der Waals surface area contributed by atoms with Gasteiger partial charge >= 0.3 is 0 Å². The first-order valence-corrected chi connectivity index (χ1v) is 15.9. The van der Waals surface area contributed by atoms with Gasteiger partial charge in [0.15, 0.2) is 0 Å². The summed E-state index contributed by atoms with van der Waals surface area (Å²) in [5.41, 5.74) is 6.43. The summed E-state index contributed by atoms with van der Waals surface area (Å²) in [5, 5.41) is 0. The molecule has 0 aliphatic heterocycles. The van der Waals surface area contributed by atoms with Crippen LogP contribution < -0.4 is 0 Å². The summed E-state index contributed by atoms with van der Waals surface area (Å²) in [4.78, 5) is 0. The third-order valence-corrected chi connectivity index (χ3v) is 9.57. The largest absolute Gasteiger partial charge is 0.0654 e. The monoisotopic (exact) mass is 558 g/mol. The first-order chi connectivity index (χ1) is 18.2. The van der Waals surface area contributed by atoms with E-state index in [-0.39, 0.29) is 0 Å². The lowest BCUT2D eigenvalue weighted by atomic mass is 9.66. The molecule has 3 aromatic carbocycles. The Bertz CT molecular complexity index is 993. The minimum absolute atomic E-state index is 0.433. The van der Waals surface area contributed by atoms with Gasteiger partial charge in [0.1, 0.15) is 0 Å². The molecular formula is C36H47Br. The number of hydrogen-bond donors (Lipinski definition) is 0. The zero-order valence-corrected chi connectivity index (χ0v) is 24.7. The SMILES string of the molecule is CCCCCC1(c2ccc(CCCCCCC(c3ccccc3)c3ccccc3)c(Br)c2)CCCCC1. The smallest absolute Gasteiger partial charge is 0.0210 e. The van der Waals surface area contributed by atoms with Crippen molar-refractivity contribution in [2.24, 2.45) is 0 Å². The van der Waals surface area contributed by atoms with E-state index in [1.54, 1.807) is 5.56 Å². The molecule has 37 heavy (non-hydrogen) atoms. The Hall–Kier alpha value is -1.86. The molecule has 0 unspecified atom stereocenters. The van der Waals surface area contributed by atoms with Crippen LogP contribution in [-0.2, 0) is 11.8 Å². The van der Waals surface area contributed by atoms with Crippen molar-refractivity contribution in [1.29, 1.82) is 0 Å². The topological polar surface area (TPSA) is 0 Å². The molecule has 1 fully saturated rings. The molecule has 0 heterocycles. The molecule has 4 rings (SSSR count). The molecule has 1 aliphatic carbocycles. The molecule has 1 heteroatoms. The van der Waals surface area contributed by atoms with Gasteiger partial charge in [0, 0.05) is 10.4 Å². The Labute approximate surface area is 235 Å². The van der Waals surface area contributed by atoms with E-state index < -0.39 is 0 Å². The van der Waals surface area contributed by atoms with Gasteiger partial charge < -0.3 is 0 Å². The van der Waals surface area contributed by atoms with Crippen molar-refractivity contribution in [2.45, 2.75) is 115 Å². The van der Waals surface area contributed by atoms with Gasteiger partial charge in [-0.05, 0) is 72.3 Å². The van der Waals surface area contributed by atoms with Crippen LogP contribution in [0.25, 0.3) is 0 Å². The van der Waals surface area contributed by atoms with Crippen molar-refractivity contribution in [2.75, 3.05) is 0 Å². The Morgan fingerprint density at radius 1 is 0.703 bits per heavy atom. The second-order valence-corrected chi connectivity index (χ2v) is 12.3. The lowest BCUT2D eigenvalue weighted by molar-refractivity contribution is 0.266. The van der Waals surface area contributed by atoms with Gasteiger partial charge in [-0.25, -0.2) is 0 Å².